The third kappa shape index (κ3) is 2.96. The molecule has 0 radical (unpaired) electrons. The van der Waals surface area contributed by atoms with Crippen LogP contribution in [0, 0.1) is 0 Å². The minimum absolute atomic E-state index is 0.671. The Morgan fingerprint density at radius 2 is 1.65 bits per heavy atom. The number of hydrogen-bond donors (Lipinski definition) is 1. The molecule has 0 aliphatic carbocycles. The van der Waals surface area contributed by atoms with Crippen LogP contribution < -0.4 is 19.7 Å². The number of likely N-dealkylation sites (N-methyl/N-ethyl adjacent to an activating group) is 1. The van der Waals surface area contributed by atoms with Gasteiger partial charge in [0.15, 0.2) is 11.5 Å². The fourth-order valence-corrected chi connectivity index (χ4v) is 2.78. The number of methoxy groups -OCH3 is 2. The summed E-state index contributed by atoms with van der Waals surface area (Å²) < 4.78 is 10.8. The Morgan fingerprint density at radius 3 is 2.26 bits per heavy atom. The highest BCUT2D eigenvalue weighted by Crippen LogP contribution is 2.34. The van der Waals surface area contributed by atoms with Crippen LogP contribution in [0.1, 0.15) is 0 Å². The Kier molecular flexibility index (Phi) is 4.38. The number of piperazine rings is 1. The maximum Gasteiger partial charge on any atom is 0.227 e. The maximum atomic E-state index is 5.39. The minimum Gasteiger partial charge on any atom is -0.493 e. The normalized spacial score (nSPS) is 15.7. The second kappa shape index (κ2) is 6.45. The smallest absolute Gasteiger partial charge is 0.227 e. The second-order valence-electron chi connectivity index (χ2n) is 5.64. The van der Waals surface area contributed by atoms with E-state index in [1.165, 1.54) is 0 Å². The molecule has 1 fully saturated rings. The quantitative estimate of drug-likeness (QED) is 0.915. The lowest BCUT2D eigenvalue weighted by atomic mass is 10.2. The summed E-state index contributed by atoms with van der Waals surface area (Å²) >= 11 is 0. The molecule has 124 valence electrons. The van der Waals surface area contributed by atoms with E-state index >= 15 is 0 Å². The second-order valence-corrected chi connectivity index (χ2v) is 5.64. The van der Waals surface area contributed by atoms with Crippen molar-refractivity contribution in [2.75, 3.05) is 64.7 Å². The number of benzene rings is 1. The predicted molar refractivity (Wildman–Crippen MR) is 91.9 cm³/mol. The zero-order valence-corrected chi connectivity index (χ0v) is 14.1. The van der Waals surface area contributed by atoms with Gasteiger partial charge in [0, 0.05) is 44.7 Å². The zero-order chi connectivity index (χ0) is 16.4. The molecule has 2 heterocycles. The summed E-state index contributed by atoms with van der Waals surface area (Å²) in [6, 6.07) is 3.81. The lowest BCUT2D eigenvalue weighted by Crippen LogP contribution is -2.45. The van der Waals surface area contributed by atoms with Crippen molar-refractivity contribution in [3.8, 4) is 11.5 Å². The molecule has 0 unspecified atom stereocenters. The number of rotatable bonds is 4. The summed E-state index contributed by atoms with van der Waals surface area (Å²) in [6.45, 7) is 3.89. The molecular formula is C16H23N5O2. The van der Waals surface area contributed by atoms with Crippen molar-refractivity contribution in [2.24, 2.45) is 0 Å². The highest BCUT2D eigenvalue weighted by Gasteiger charge is 2.19. The first-order valence-electron chi connectivity index (χ1n) is 7.71. The Bertz CT molecular complexity index is 698. The van der Waals surface area contributed by atoms with Gasteiger partial charge in [0.25, 0.3) is 0 Å². The van der Waals surface area contributed by atoms with Gasteiger partial charge < -0.3 is 24.6 Å². The molecule has 1 aliphatic heterocycles. The standard InChI is InChI=1S/C16H23N5O2/c1-17-15-11-9-13(22-3)14(23-4)10-12(11)18-16(19-15)21-7-5-20(2)6-8-21/h9-10H,5-8H2,1-4H3,(H,17,18,19). The van der Waals surface area contributed by atoms with Gasteiger partial charge in [-0.25, -0.2) is 4.98 Å². The van der Waals surface area contributed by atoms with Crippen LogP contribution in [0.25, 0.3) is 10.9 Å². The van der Waals surface area contributed by atoms with Crippen molar-refractivity contribution in [3.05, 3.63) is 12.1 Å². The van der Waals surface area contributed by atoms with Gasteiger partial charge in [-0.3, -0.25) is 0 Å². The van der Waals surface area contributed by atoms with Crippen LogP contribution in [-0.2, 0) is 0 Å². The van der Waals surface area contributed by atoms with Crippen LogP contribution in [0.15, 0.2) is 12.1 Å². The first kappa shape index (κ1) is 15.6. The lowest BCUT2D eigenvalue weighted by molar-refractivity contribution is 0.311. The van der Waals surface area contributed by atoms with Gasteiger partial charge in [0.1, 0.15) is 5.82 Å². The molecule has 2 aromatic rings. The summed E-state index contributed by atoms with van der Waals surface area (Å²) in [7, 11) is 7.26. The number of fused-ring (bicyclic) bond motifs is 1. The van der Waals surface area contributed by atoms with Crippen LogP contribution in [-0.4, -0.2) is 69.4 Å². The van der Waals surface area contributed by atoms with E-state index < -0.39 is 0 Å². The first-order chi connectivity index (χ1) is 11.2. The summed E-state index contributed by atoms with van der Waals surface area (Å²) in [5, 5.41) is 4.08. The van der Waals surface area contributed by atoms with Crippen LogP contribution in [0.2, 0.25) is 0 Å². The molecule has 1 aromatic carbocycles. The molecule has 1 aromatic heterocycles. The highest BCUT2D eigenvalue weighted by molar-refractivity contribution is 5.92. The van der Waals surface area contributed by atoms with Gasteiger partial charge in [-0.05, 0) is 13.1 Å². The number of anilines is 2. The maximum absolute atomic E-state index is 5.39. The molecule has 1 N–H and O–H groups in total. The fourth-order valence-electron chi connectivity index (χ4n) is 2.78. The number of hydrogen-bond acceptors (Lipinski definition) is 7. The van der Waals surface area contributed by atoms with Gasteiger partial charge in [-0.2, -0.15) is 4.98 Å². The predicted octanol–water partition coefficient (Wildman–Crippen LogP) is 1.44. The summed E-state index contributed by atoms with van der Waals surface area (Å²) in [5.74, 6) is 2.89. The van der Waals surface area contributed by atoms with Crippen LogP contribution >= 0.6 is 0 Å². The van der Waals surface area contributed by atoms with Crippen molar-refractivity contribution in [1.82, 2.24) is 14.9 Å². The van der Waals surface area contributed by atoms with Gasteiger partial charge in [0.2, 0.25) is 5.95 Å². The largest absolute Gasteiger partial charge is 0.493 e. The van der Waals surface area contributed by atoms with Crippen LogP contribution in [0.5, 0.6) is 11.5 Å². The van der Waals surface area contributed by atoms with Crippen molar-refractivity contribution >= 4 is 22.7 Å². The SMILES string of the molecule is CNc1nc(N2CCN(C)CC2)nc2cc(OC)c(OC)cc12. The average molecular weight is 317 g/mol. The van der Waals surface area contributed by atoms with Gasteiger partial charge in [-0.15, -0.1) is 0 Å². The molecule has 0 amide bonds. The lowest BCUT2D eigenvalue weighted by Gasteiger charge is -2.32. The van der Waals surface area contributed by atoms with E-state index in [0.29, 0.717) is 11.5 Å². The highest BCUT2D eigenvalue weighted by atomic mass is 16.5. The molecule has 3 rings (SSSR count). The van der Waals surface area contributed by atoms with Crippen molar-refractivity contribution in [1.29, 1.82) is 0 Å². The monoisotopic (exact) mass is 317 g/mol. The summed E-state index contributed by atoms with van der Waals surface area (Å²) in [5.41, 5.74) is 0.843. The molecule has 0 atom stereocenters. The van der Waals surface area contributed by atoms with Gasteiger partial charge in [0.05, 0.1) is 19.7 Å². The number of ether oxygens (including phenoxy) is 2. The zero-order valence-electron chi connectivity index (χ0n) is 14.1. The Balaban J connectivity index is 2.07. The third-order valence-corrected chi connectivity index (χ3v) is 4.21. The molecule has 23 heavy (non-hydrogen) atoms. The summed E-state index contributed by atoms with van der Waals surface area (Å²) in [6.07, 6.45) is 0. The molecule has 0 saturated carbocycles. The molecule has 7 heteroatoms. The van der Waals surface area contributed by atoms with Gasteiger partial charge >= 0.3 is 0 Å². The number of aromatic nitrogens is 2. The van der Waals surface area contributed by atoms with Crippen LogP contribution in [0.4, 0.5) is 11.8 Å². The van der Waals surface area contributed by atoms with E-state index in [0.717, 1.165) is 48.8 Å². The van der Waals surface area contributed by atoms with Crippen molar-refractivity contribution < 1.29 is 9.47 Å². The van der Waals surface area contributed by atoms with E-state index in [4.69, 9.17) is 14.5 Å². The molecule has 1 saturated heterocycles. The summed E-state index contributed by atoms with van der Waals surface area (Å²) in [4.78, 5) is 14.0. The third-order valence-electron chi connectivity index (χ3n) is 4.21. The fraction of sp³-hybridized carbons (Fsp3) is 0.500. The van der Waals surface area contributed by atoms with E-state index in [2.05, 4.69) is 27.1 Å². The van der Waals surface area contributed by atoms with E-state index in [1.54, 1.807) is 14.2 Å². The number of nitrogens with one attached hydrogen (secondary N) is 1. The van der Waals surface area contributed by atoms with E-state index in [9.17, 15) is 0 Å². The Labute approximate surface area is 136 Å². The molecular weight excluding hydrogens is 294 g/mol. The van der Waals surface area contributed by atoms with Crippen molar-refractivity contribution in [3.63, 3.8) is 0 Å². The van der Waals surface area contributed by atoms with Gasteiger partial charge in [-0.1, -0.05) is 0 Å². The van der Waals surface area contributed by atoms with Crippen molar-refractivity contribution in [2.45, 2.75) is 0 Å². The molecule has 7 nitrogen and oxygen atoms in total. The molecule has 0 spiro atoms. The molecule has 1 aliphatic rings. The Morgan fingerprint density at radius 1 is 1.00 bits per heavy atom. The average Bonchev–Trinajstić information content (AvgIpc) is 2.60. The Hall–Kier alpha value is -2.28. The number of nitrogens with zero attached hydrogens (tertiary/aromatic N) is 4. The van der Waals surface area contributed by atoms with Crippen LogP contribution in [0.3, 0.4) is 0 Å². The minimum atomic E-state index is 0.671. The first-order valence-corrected chi connectivity index (χ1v) is 7.71. The topological polar surface area (TPSA) is 62.8 Å². The van der Waals surface area contributed by atoms with E-state index in [-0.39, 0.29) is 0 Å². The molecule has 0 bridgehead atoms. The van der Waals surface area contributed by atoms with E-state index in [1.807, 2.05) is 19.2 Å².